The monoisotopic (exact) mass is 401 g/mol. The SMILES string of the molecule is O=C(Nc1ncc(Cc2ccc(F)c(F)c2)s1)c1sccc1-n1cccc1. The summed E-state index contributed by atoms with van der Waals surface area (Å²) in [6.45, 7) is 0. The first kappa shape index (κ1) is 17.6. The molecule has 0 bridgehead atoms. The van der Waals surface area contributed by atoms with Crippen LogP contribution in [-0.2, 0) is 6.42 Å². The largest absolute Gasteiger partial charge is 0.322 e. The summed E-state index contributed by atoms with van der Waals surface area (Å²) in [6.07, 6.45) is 5.80. The van der Waals surface area contributed by atoms with Gasteiger partial charge in [-0.05, 0) is 41.3 Å². The van der Waals surface area contributed by atoms with Crippen molar-refractivity contribution >= 4 is 33.7 Å². The molecular weight excluding hydrogens is 388 g/mol. The molecule has 0 fully saturated rings. The predicted molar refractivity (Wildman–Crippen MR) is 103 cm³/mol. The molecule has 8 heteroatoms. The summed E-state index contributed by atoms with van der Waals surface area (Å²) in [5, 5.41) is 5.13. The molecule has 3 heterocycles. The van der Waals surface area contributed by atoms with Gasteiger partial charge >= 0.3 is 0 Å². The molecule has 0 saturated heterocycles. The van der Waals surface area contributed by atoms with E-state index in [-0.39, 0.29) is 5.91 Å². The van der Waals surface area contributed by atoms with Crippen LogP contribution in [0.15, 0.2) is 60.4 Å². The van der Waals surface area contributed by atoms with Crippen LogP contribution < -0.4 is 5.32 Å². The van der Waals surface area contributed by atoms with Crippen molar-refractivity contribution in [2.24, 2.45) is 0 Å². The molecule has 3 aromatic heterocycles. The van der Waals surface area contributed by atoms with Crippen LogP contribution in [0, 0.1) is 11.6 Å². The number of rotatable bonds is 5. The van der Waals surface area contributed by atoms with Gasteiger partial charge in [-0.15, -0.1) is 22.7 Å². The van der Waals surface area contributed by atoms with E-state index in [2.05, 4.69) is 10.3 Å². The van der Waals surface area contributed by atoms with Crippen molar-refractivity contribution in [3.05, 3.63) is 87.3 Å². The number of amides is 1. The highest BCUT2D eigenvalue weighted by Crippen LogP contribution is 2.26. The number of anilines is 1. The minimum atomic E-state index is -0.874. The van der Waals surface area contributed by atoms with E-state index in [0.717, 1.165) is 16.6 Å². The molecule has 27 heavy (non-hydrogen) atoms. The van der Waals surface area contributed by atoms with E-state index >= 15 is 0 Å². The maximum absolute atomic E-state index is 13.3. The molecule has 0 spiro atoms. The molecule has 0 atom stereocenters. The van der Waals surface area contributed by atoms with Crippen LogP contribution in [0.25, 0.3) is 5.69 Å². The van der Waals surface area contributed by atoms with Gasteiger partial charge in [0.2, 0.25) is 0 Å². The zero-order valence-corrected chi connectivity index (χ0v) is 15.5. The molecule has 0 aliphatic rings. The number of nitrogens with one attached hydrogen (secondary N) is 1. The van der Waals surface area contributed by atoms with Crippen LogP contribution >= 0.6 is 22.7 Å². The molecule has 4 aromatic rings. The van der Waals surface area contributed by atoms with Gasteiger partial charge in [0.1, 0.15) is 4.88 Å². The van der Waals surface area contributed by atoms with E-state index in [1.54, 1.807) is 6.20 Å². The highest BCUT2D eigenvalue weighted by atomic mass is 32.1. The first-order chi connectivity index (χ1) is 13.1. The Bertz CT molecular complexity index is 1090. The molecule has 4 nitrogen and oxygen atoms in total. The second-order valence-electron chi connectivity index (χ2n) is 5.74. The number of carbonyl (C=O) groups is 1. The van der Waals surface area contributed by atoms with E-state index in [4.69, 9.17) is 0 Å². The van der Waals surface area contributed by atoms with E-state index in [1.165, 1.54) is 34.8 Å². The fourth-order valence-corrected chi connectivity index (χ4v) is 4.25. The molecule has 1 N–H and O–H groups in total. The van der Waals surface area contributed by atoms with E-state index in [0.29, 0.717) is 22.0 Å². The number of thiazole rings is 1. The van der Waals surface area contributed by atoms with E-state index in [9.17, 15) is 13.6 Å². The predicted octanol–water partition coefficient (Wildman–Crippen LogP) is 5.12. The normalized spacial score (nSPS) is 10.9. The van der Waals surface area contributed by atoms with Crippen molar-refractivity contribution in [3.8, 4) is 5.69 Å². The number of carbonyl (C=O) groups excluding carboxylic acids is 1. The lowest BCUT2D eigenvalue weighted by atomic mass is 10.1. The van der Waals surface area contributed by atoms with Crippen molar-refractivity contribution in [2.75, 3.05) is 5.32 Å². The average Bonchev–Trinajstić information content (AvgIpc) is 3.38. The highest BCUT2D eigenvalue weighted by Gasteiger charge is 2.16. The number of halogens is 2. The lowest BCUT2D eigenvalue weighted by Crippen LogP contribution is -2.12. The van der Waals surface area contributed by atoms with Gasteiger partial charge in [-0.3, -0.25) is 10.1 Å². The van der Waals surface area contributed by atoms with E-state index < -0.39 is 11.6 Å². The molecule has 1 amide bonds. The standard InChI is InChI=1S/C19H13F2N3OS2/c20-14-4-3-12(10-15(14)21)9-13-11-22-19(27-13)23-18(25)17-16(5-8-26-17)24-6-1-2-7-24/h1-8,10-11H,9H2,(H,22,23,25). The molecule has 1 aromatic carbocycles. The van der Waals surface area contributed by atoms with E-state index in [1.807, 2.05) is 40.5 Å². The summed E-state index contributed by atoms with van der Waals surface area (Å²) in [5.74, 6) is -1.98. The van der Waals surface area contributed by atoms with Crippen molar-refractivity contribution in [1.82, 2.24) is 9.55 Å². The van der Waals surface area contributed by atoms with Crippen LogP contribution in [-0.4, -0.2) is 15.5 Å². The minimum absolute atomic E-state index is 0.234. The van der Waals surface area contributed by atoms with Gasteiger partial charge in [-0.1, -0.05) is 6.07 Å². The number of aromatic nitrogens is 2. The van der Waals surface area contributed by atoms with Crippen molar-refractivity contribution in [3.63, 3.8) is 0 Å². The second kappa shape index (κ2) is 7.42. The van der Waals surface area contributed by atoms with Crippen molar-refractivity contribution < 1.29 is 13.6 Å². The molecule has 0 aliphatic carbocycles. The minimum Gasteiger partial charge on any atom is -0.322 e. The molecule has 0 radical (unpaired) electrons. The Morgan fingerprint density at radius 3 is 2.74 bits per heavy atom. The first-order valence-electron chi connectivity index (χ1n) is 8.01. The maximum Gasteiger partial charge on any atom is 0.269 e. The molecule has 0 aliphatic heterocycles. The van der Waals surface area contributed by atoms with Crippen LogP contribution in [0.3, 0.4) is 0 Å². The Kier molecular flexibility index (Phi) is 4.83. The summed E-state index contributed by atoms with van der Waals surface area (Å²) in [5.41, 5.74) is 1.45. The highest BCUT2D eigenvalue weighted by molar-refractivity contribution is 7.16. The number of hydrogen-bond acceptors (Lipinski definition) is 4. The summed E-state index contributed by atoms with van der Waals surface area (Å²) in [6, 6.07) is 9.48. The second-order valence-corrected chi connectivity index (χ2v) is 7.77. The Morgan fingerprint density at radius 2 is 1.96 bits per heavy atom. The van der Waals surface area contributed by atoms with Crippen LogP contribution in [0.4, 0.5) is 13.9 Å². The van der Waals surface area contributed by atoms with Crippen molar-refractivity contribution in [2.45, 2.75) is 6.42 Å². The number of benzene rings is 1. The summed E-state index contributed by atoms with van der Waals surface area (Å²) in [7, 11) is 0. The van der Waals surface area contributed by atoms with Gasteiger partial charge in [0.15, 0.2) is 16.8 Å². The molecule has 136 valence electrons. The molecule has 0 saturated carbocycles. The zero-order valence-electron chi connectivity index (χ0n) is 13.9. The molecule has 4 rings (SSSR count). The van der Waals surface area contributed by atoms with Crippen LogP contribution in [0.2, 0.25) is 0 Å². The fraction of sp³-hybridized carbons (Fsp3) is 0.0526. The van der Waals surface area contributed by atoms with Gasteiger partial charge < -0.3 is 4.57 Å². The van der Waals surface area contributed by atoms with Gasteiger partial charge in [0.05, 0.1) is 5.69 Å². The Morgan fingerprint density at radius 1 is 1.15 bits per heavy atom. The van der Waals surface area contributed by atoms with Gasteiger partial charge in [-0.2, -0.15) is 0 Å². The van der Waals surface area contributed by atoms with Gasteiger partial charge in [0, 0.05) is 29.9 Å². The topological polar surface area (TPSA) is 46.9 Å². The first-order valence-corrected chi connectivity index (χ1v) is 9.70. The Labute approximate surface area is 161 Å². The quantitative estimate of drug-likeness (QED) is 0.505. The average molecular weight is 401 g/mol. The van der Waals surface area contributed by atoms with Crippen LogP contribution in [0.1, 0.15) is 20.1 Å². The van der Waals surface area contributed by atoms with Crippen LogP contribution in [0.5, 0.6) is 0 Å². The lowest BCUT2D eigenvalue weighted by Gasteiger charge is -2.04. The third-order valence-electron chi connectivity index (χ3n) is 3.87. The summed E-state index contributed by atoms with van der Waals surface area (Å²) in [4.78, 5) is 18.2. The third kappa shape index (κ3) is 3.81. The fourth-order valence-electron chi connectivity index (χ4n) is 2.62. The molecular formula is C19H13F2N3OS2. The number of hydrogen-bond donors (Lipinski definition) is 1. The van der Waals surface area contributed by atoms with Gasteiger partial charge in [-0.25, -0.2) is 13.8 Å². The summed E-state index contributed by atoms with van der Waals surface area (Å²) < 4.78 is 28.2. The number of thiophene rings is 1. The Balaban J connectivity index is 1.47. The van der Waals surface area contributed by atoms with Gasteiger partial charge in [0.25, 0.3) is 5.91 Å². The number of nitrogens with zero attached hydrogens (tertiary/aromatic N) is 2. The smallest absolute Gasteiger partial charge is 0.269 e. The molecule has 0 unspecified atom stereocenters. The maximum atomic E-state index is 13.3. The zero-order chi connectivity index (χ0) is 18.8. The Hall–Kier alpha value is -2.84. The summed E-state index contributed by atoms with van der Waals surface area (Å²) >= 11 is 2.66. The van der Waals surface area contributed by atoms with Crippen molar-refractivity contribution in [1.29, 1.82) is 0 Å². The lowest BCUT2D eigenvalue weighted by molar-refractivity contribution is 0.103. The third-order valence-corrected chi connectivity index (χ3v) is 5.68.